The molecule has 52 heavy (non-hydrogen) atoms. The van der Waals surface area contributed by atoms with E-state index in [1.165, 1.54) is 40.5 Å². The number of hydrogen-bond donors (Lipinski definition) is 3. The maximum Gasteiger partial charge on any atom is 0.413 e. The Morgan fingerprint density at radius 3 is 2.37 bits per heavy atom. The topological polar surface area (TPSA) is 157 Å². The Kier molecular flexibility index (Phi) is 10.8. The van der Waals surface area contributed by atoms with Crippen molar-refractivity contribution in [3.63, 3.8) is 0 Å². The average Bonchev–Trinajstić information content (AvgIpc) is 3.87. The number of thiophene rings is 1. The van der Waals surface area contributed by atoms with Gasteiger partial charge in [0.1, 0.15) is 34.8 Å². The second-order valence-electron chi connectivity index (χ2n) is 13.2. The van der Waals surface area contributed by atoms with Crippen LogP contribution in [0.4, 0.5) is 15.0 Å². The summed E-state index contributed by atoms with van der Waals surface area (Å²) in [5, 5.41) is 10.1. The fourth-order valence-corrected chi connectivity index (χ4v) is 6.50. The van der Waals surface area contributed by atoms with Crippen LogP contribution < -0.4 is 20.7 Å². The molecule has 4 heterocycles. The number of halogens is 1. The van der Waals surface area contributed by atoms with E-state index >= 15 is 0 Å². The number of amides is 4. The molecular formula is C37H38FN5O8S. The molecule has 2 fully saturated rings. The highest BCUT2D eigenvalue weighted by Gasteiger charge is 2.52. The minimum atomic E-state index is -1.10. The molecule has 15 heteroatoms. The number of rotatable bonds is 10. The van der Waals surface area contributed by atoms with Crippen molar-refractivity contribution in [2.24, 2.45) is 0 Å². The van der Waals surface area contributed by atoms with E-state index in [4.69, 9.17) is 18.9 Å². The number of carbonyl (C=O) groups excluding carboxylic acids is 4. The van der Waals surface area contributed by atoms with Gasteiger partial charge in [-0.1, -0.05) is 6.07 Å². The molecule has 2 aliphatic heterocycles. The fraction of sp³-hybridized carbons (Fsp3) is 0.324. The monoisotopic (exact) mass is 731 g/mol. The van der Waals surface area contributed by atoms with Crippen LogP contribution >= 0.6 is 11.3 Å². The standard InChI is InChI=1S/C37H38FN5O8S/c1-36(2,3)51-35(47)42-31-6-4-5-29(41-31)24-17-28(52-21-24)19-39-34(46)30-18-37(48-15-16-49-37)22-43(30)32(44)20-40-33(45)23-7-11-26(12-8-23)50-27-13-9-25(38)10-14-27/h4-14,17,21,30H,15-16,18-20,22H2,1-3H3,(H,39,46)(H,40,45)(H,41,42,47)/t30-/m0/s1. The van der Waals surface area contributed by atoms with Gasteiger partial charge in [0.05, 0.1) is 38.5 Å². The summed E-state index contributed by atoms with van der Waals surface area (Å²) in [5.74, 6) is -1.59. The van der Waals surface area contributed by atoms with Gasteiger partial charge in [-0.3, -0.25) is 19.7 Å². The zero-order valence-electron chi connectivity index (χ0n) is 28.8. The number of nitrogens with zero attached hydrogens (tertiary/aromatic N) is 2. The Hall–Kier alpha value is -5.38. The van der Waals surface area contributed by atoms with E-state index in [-0.39, 0.29) is 37.8 Å². The van der Waals surface area contributed by atoms with Gasteiger partial charge in [0, 0.05) is 27.8 Å². The Balaban J connectivity index is 1.04. The number of hydrogen-bond acceptors (Lipinski definition) is 10. The number of pyridine rings is 1. The van der Waals surface area contributed by atoms with Gasteiger partial charge in [-0.25, -0.2) is 14.2 Å². The lowest BCUT2D eigenvalue weighted by molar-refractivity contribution is -0.152. The molecular weight excluding hydrogens is 693 g/mol. The van der Waals surface area contributed by atoms with Crippen molar-refractivity contribution in [1.29, 1.82) is 0 Å². The van der Waals surface area contributed by atoms with Crippen molar-refractivity contribution in [1.82, 2.24) is 20.5 Å². The van der Waals surface area contributed by atoms with Crippen LogP contribution in [0.2, 0.25) is 0 Å². The first-order valence-electron chi connectivity index (χ1n) is 16.6. The van der Waals surface area contributed by atoms with E-state index in [0.717, 1.165) is 10.4 Å². The van der Waals surface area contributed by atoms with Crippen molar-refractivity contribution in [2.45, 2.75) is 51.2 Å². The van der Waals surface area contributed by atoms with E-state index < -0.39 is 35.3 Å². The van der Waals surface area contributed by atoms with E-state index in [2.05, 4.69) is 20.9 Å². The lowest BCUT2D eigenvalue weighted by atomic mass is 10.1. The predicted octanol–water partition coefficient (Wildman–Crippen LogP) is 5.48. The van der Waals surface area contributed by atoms with Crippen LogP contribution in [-0.4, -0.2) is 77.4 Å². The van der Waals surface area contributed by atoms with E-state index in [0.29, 0.717) is 41.8 Å². The third-order valence-electron chi connectivity index (χ3n) is 8.06. The van der Waals surface area contributed by atoms with Gasteiger partial charge < -0.3 is 34.5 Å². The molecule has 3 N–H and O–H groups in total. The normalized spacial score (nSPS) is 16.4. The third kappa shape index (κ3) is 9.29. The van der Waals surface area contributed by atoms with Crippen LogP contribution in [0, 0.1) is 5.82 Å². The van der Waals surface area contributed by atoms with Crippen LogP contribution in [0.5, 0.6) is 11.5 Å². The number of nitrogens with one attached hydrogen (secondary N) is 3. The predicted molar refractivity (Wildman–Crippen MR) is 189 cm³/mol. The Labute approximate surface area is 303 Å². The Bertz CT molecular complexity index is 1920. The SMILES string of the molecule is CC(C)(C)OC(=O)Nc1cccc(-c2csc(CNC(=O)[C@@H]3CC4(CN3C(=O)CNC(=O)c3ccc(Oc5ccc(F)cc5)cc3)OCCO4)c2)n1. The minimum Gasteiger partial charge on any atom is -0.457 e. The van der Waals surface area contributed by atoms with E-state index in [1.807, 2.05) is 17.5 Å². The zero-order valence-corrected chi connectivity index (χ0v) is 29.6. The molecule has 0 radical (unpaired) electrons. The molecule has 1 spiro atoms. The summed E-state index contributed by atoms with van der Waals surface area (Å²) in [6, 6.07) is 18.1. The van der Waals surface area contributed by atoms with Crippen molar-refractivity contribution >= 4 is 41.0 Å². The fourth-order valence-electron chi connectivity index (χ4n) is 5.69. The summed E-state index contributed by atoms with van der Waals surface area (Å²) in [6.45, 7) is 5.90. The lowest BCUT2D eigenvalue weighted by Gasteiger charge is -2.24. The average molecular weight is 732 g/mol. The first-order valence-corrected chi connectivity index (χ1v) is 17.4. The molecule has 1 atom stereocenters. The maximum absolute atomic E-state index is 13.5. The van der Waals surface area contributed by atoms with Crippen LogP contribution in [0.15, 0.2) is 78.2 Å². The van der Waals surface area contributed by atoms with Gasteiger partial charge in [0.25, 0.3) is 5.91 Å². The Morgan fingerprint density at radius 1 is 0.981 bits per heavy atom. The van der Waals surface area contributed by atoms with Gasteiger partial charge in [-0.05, 0) is 87.5 Å². The van der Waals surface area contributed by atoms with Crippen LogP contribution in [0.3, 0.4) is 0 Å². The highest BCUT2D eigenvalue weighted by Crippen LogP contribution is 2.35. The second-order valence-corrected chi connectivity index (χ2v) is 14.2. The van der Waals surface area contributed by atoms with Crippen molar-refractivity contribution in [2.75, 3.05) is 31.6 Å². The minimum absolute atomic E-state index is 0.0394. The molecule has 4 aromatic rings. The summed E-state index contributed by atoms with van der Waals surface area (Å²) in [7, 11) is 0. The largest absolute Gasteiger partial charge is 0.457 e. The molecule has 0 aliphatic carbocycles. The highest BCUT2D eigenvalue weighted by atomic mass is 32.1. The smallest absolute Gasteiger partial charge is 0.413 e. The molecule has 2 aromatic carbocycles. The molecule has 13 nitrogen and oxygen atoms in total. The number of likely N-dealkylation sites (tertiary alicyclic amines) is 1. The third-order valence-corrected chi connectivity index (χ3v) is 9.00. The summed E-state index contributed by atoms with van der Waals surface area (Å²) >= 11 is 1.43. The summed E-state index contributed by atoms with van der Waals surface area (Å²) in [6.07, 6.45) is -0.463. The van der Waals surface area contributed by atoms with Crippen LogP contribution in [0.1, 0.15) is 42.4 Å². The molecule has 2 aliphatic rings. The number of carbonyl (C=O) groups is 4. The molecule has 6 rings (SSSR count). The van der Waals surface area contributed by atoms with Crippen molar-refractivity contribution in [3.05, 3.63) is 94.4 Å². The molecule has 0 unspecified atom stereocenters. The Morgan fingerprint density at radius 2 is 1.67 bits per heavy atom. The molecule has 0 saturated carbocycles. The van der Waals surface area contributed by atoms with Crippen LogP contribution in [-0.2, 0) is 30.3 Å². The second kappa shape index (κ2) is 15.5. The van der Waals surface area contributed by atoms with Gasteiger partial charge >= 0.3 is 6.09 Å². The van der Waals surface area contributed by atoms with E-state index in [1.54, 1.807) is 57.2 Å². The first kappa shape index (κ1) is 36.4. The highest BCUT2D eigenvalue weighted by molar-refractivity contribution is 7.10. The van der Waals surface area contributed by atoms with Gasteiger partial charge in [-0.2, -0.15) is 0 Å². The van der Waals surface area contributed by atoms with Crippen LogP contribution in [0.25, 0.3) is 11.3 Å². The first-order chi connectivity index (χ1) is 24.8. The zero-order chi connectivity index (χ0) is 36.9. The molecule has 0 bridgehead atoms. The number of benzene rings is 2. The van der Waals surface area contributed by atoms with Gasteiger partial charge in [-0.15, -0.1) is 11.3 Å². The van der Waals surface area contributed by atoms with Gasteiger partial charge in [0.2, 0.25) is 11.8 Å². The summed E-state index contributed by atoms with van der Waals surface area (Å²) in [5.41, 5.74) is 1.08. The van der Waals surface area contributed by atoms with Crippen molar-refractivity contribution in [3.8, 4) is 22.8 Å². The quantitative estimate of drug-likeness (QED) is 0.192. The molecule has 2 aromatic heterocycles. The summed E-state index contributed by atoms with van der Waals surface area (Å²) < 4.78 is 35.8. The summed E-state index contributed by atoms with van der Waals surface area (Å²) in [4.78, 5) is 58.8. The number of aromatic nitrogens is 1. The number of anilines is 1. The number of ether oxygens (including phenoxy) is 4. The lowest BCUT2D eigenvalue weighted by Crippen LogP contribution is -2.49. The van der Waals surface area contributed by atoms with Gasteiger partial charge in [0.15, 0.2) is 5.79 Å². The molecule has 4 amide bonds. The van der Waals surface area contributed by atoms with E-state index in [9.17, 15) is 23.6 Å². The molecule has 272 valence electrons. The van der Waals surface area contributed by atoms with Crippen molar-refractivity contribution < 1.29 is 42.5 Å². The molecule has 2 saturated heterocycles. The maximum atomic E-state index is 13.5.